The maximum atomic E-state index is 11.6. The van der Waals surface area contributed by atoms with E-state index in [1.807, 2.05) is 0 Å². The zero-order valence-corrected chi connectivity index (χ0v) is 9.02. The van der Waals surface area contributed by atoms with Crippen LogP contribution in [0.3, 0.4) is 0 Å². The molecule has 16 heavy (non-hydrogen) atoms. The third-order valence-corrected chi connectivity index (χ3v) is 2.85. The predicted octanol–water partition coefficient (Wildman–Crippen LogP) is 0.297. The van der Waals surface area contributed by atoms with Gasteiger partial charge >= 0.3 is 11.9 Å². The Balaban J connectivity index is 2.40. The van der Waals surface area contributed by atoms with Gasteiger partial charge in [0.25, 0.3) is 0 Å². The van der Waals surface area contributed by atoms with Crippen molar-refractivity contribution >= 4 is 11.9 Å². The number of carbonyl (C=O) groups is 2. The molecule has 86 valence electrons. The molecule has 0 amide bonds. The van der Waals surface area contributed by atoms with Crippen LogP contribution in [0.25, 0.3) is 0 Å². The summed E-state index contributed by atoms with van der Waals surface area (Å²) in [5, 5.41) is 9.83. The summed E-state index contributed by atoms with van der Waals surface area (Å²) in [7, 11) is 1.28. The standard InChI is InChI=1S/C11H12O5/c1-11(10(14)15-2)4-7(12)6-3-9(13)16-8(6)5-11/h3,5,7,12H,4H2,1-2H3/t7-,11-/m0/s1. The minimum absolute atomic E-state index is 0.186. The van der Waals surface area contributed by atoms with Gasteiger partial charge in [0, 0.05) is 11.6 Å². The summed E-state index contributed by atoms with van der Waals surface area (Å²) >= 11 is 0. The minimum Gasteiger partial charge on any atom is -0.468 e. The molecule has 0 spiro atoms. The van der Waals surface area contributed by atoms with E-state index in [2.05, 4.69) is 4.74 Å². The Kier molecular flexibility index (Phi) is 2.35. The van der Waals surface area contributed by atoms with Crippen molar-refractivity contribution in [2.75, 3.05) is 7.11 Å². The van der Waals surface area contributed by atoms with E-state index in [0.717, 1.165) is 0 Å². The first-order valence-corrected chi connectivity index (χ1v) is 4.89. The Bertz CT molecular complexity index is 420. The molecule has 0 aromatic carbocycles. The van der Waals surface area contributed by atoms with Crippen LogP contribution in [0.5, 0.6) is 0 Å². The molecule has 0 radical (unpaired) electrons. The molecule has 2 rings (SSSR count). The fraction of sp³-hybridized carbons (Fsp3) is 0.455. The molecule has 0 aromatic rings. The lowest BCUT2D eigenvalue weighted by molar-refractivity contribution is -0.151. The highest BCUT2D eigenvalue weighted by molar-refractivity contribution is 5.90. The van der Waals surface area contributed by atoms with Crippen LogP contribution in [0, 0.1) is 5.41 Å². The number of hydrogen-bond acceptors (Lipinski definition) is 5. The van der Waals surface area contributed by atoms with Crippen LogP contribution >= 0.6 is 0 Å². The molecule has 2 aliphatic rings. The zero-order chi connectivity index (χ0) is 11.9. The summed E-state index contributed by atoms with van der Waals surface area (Å²) < 4.78 is 9.55. The van der Waals surface area contributed by atoms with Crippen molar-refractivity contribution in [1.82, 2.24) is 0 Å². The van der Waals surface area contributed by atoms with Gasteiger partial charge in [-0.3, -0.25) is 4.79 Å². The molecule has 0 fully saturated rings. The number of methoxy groups -OCH3 is 1. The third kappa shape index (κ3) is 1.53. The zero-order valence-electron chi connectivity index (χ0n) is 9.02. The molecular formula is C11H12O5. The molecule has 1 aliphatic carbocycles. The van der Waals surface area contributed by atoms with E-state index >= 15 is 0 Å². The van der Waals surface area contributed by atoms with E-state index in [0.29, 0.717) is 5.57 Å². The van der Waals surface area contributed by atoms with Crippen LogP contribution in [0.1, 0.15) is 13.3 Å². The normalized spacial score (nSPS) is 32.4. The SMILES string of the molecule is COC(=O)[C@]1(C)C=C2OC(=O)C=C2[C@@H](O)C1. The Morgan fingerprint density at radius 1 is 1.69 bits per heavy atom. The predicted molar refractivity (Wildman–Crippen MR) is 53.0 cm³/mol. The summed E-state index contributed by atoms with van der Waals surface area (Å²) in [5.74, 6) is -0.716. The number of aliphatic hydroxyl groups is 1. The first-order chi connectivity index (χ1) is 7.46. The average molecular weight is 224 g/mol. The fourth-order valence-electron chi connectivity index (χ4n) is 2.00. The first-order valence-electron chi connectivity index (χ1n) is 4.89. The number of hydrogen-bond donors (Lipinski definition) is 1. The number of ether oxygens (including phenoxy) is 2. The van der Waals surface area contributed by atoms with E-state index in [1.165, 1.54) is 19.3 Å². The topological polar surface area (TPSA) is 72.8 Å². The lowest BCUT2D eigenvalue weighted by Gasteiger charge is -2.30. The minimum atomic E-state index is -0.953. The molecular weight excluding hydrogens is 212 g/mol. The van der Waals surface area contributed by atoms with E-state index in [-0.39, 0.29) is 12.2 Å². The summed E-state index contributed by atoms with van der Waals surface area (Å²) in [5.41, 5.74) is -0.516. The Morgan fingerprint density at radius 3 is 3.00 bits per heavy atom. The second-order valence-corrected chi connectivity index (χ2v) is 4.16. The van der Waals surface area contributed by atoms with Crippen LogP contribution in [-0.4, -0.2) is 30.3 Å². The molecule has 0 saturated carbocycles. The summed E-state index contributed by atoms with van der Waals surface area (Å²) in [6.45, 7) is 1.64. The molecule has 1 heterocycles. The highest BCUT2D eigenvalue weighted by Gasteiger charge is 2.43. The Morgan fingerprint density at radius 2 is 2.38 bits per heavy atom. The Labute approximate surface area is 92.3 Å². The van der Waals surface area contributed by atoms with Gasteiger partial charge in [-0.1, -0.05) is 0 Å². The third-order valence-electron chi connectivity index (χ3n) is 2.85. The van der Waals surface area contributed by atoms with Crippen LogP contribution in [0.4, 0.5) is 0 Å². The van der Waals surface area contributed by atoms with Gasteiger partial charge in [-0.15, -0.1) is 0 Å². The number of esters is 2. The van der Waals surface area contributed by atoms with Crippen molar-refractivity contribution in [2.24, 2.45) is 5.41 Å². The smallest absolute Gasteiger partial charge is 0.336 e. The molecule has 0 unspecified atom stereocenters. The van der Waals surface area contributed by atoms with Crippen LogP contribution < -0.4 is 0 Å². The van der Waals surface area contributed by atoms with Gasteiger partial charge in [-0.25, -0.2) is 4.79 Å². The lowest BCUT2D eigenvalue weighted by Crippen LogP contribution is -2.35. The second-order valence-electron chi connectivity index (χ2n) is 4.16. The molecule has 1 N–H and O–H groups in total. The molecule has 5 nitrogen and oxygen atoms in total. The molecule has 1 aliphatic heterocycles. The van der Waals surface area contributed by atoms with Crippen molar-refractivity contribution in [2.45, 2.75) is 19.4 Å². The number of carbonyl (C=O) groups excluding carboxylic acids is 2. The van der Waals surface area contributed by atoms with E-state index < -0.39 is 23.5 Å². The second kappa shape index (κ2) is 3.45. The highest BCUT2D eigenvalue weighted by Crippen LogP contribution is 2.40. The molecule has 0 bridgehead atoms. The number of aliphatic hydroxyl groups excluding tert-OH is 1. The van der Waals surface area contributed by atoms with Crippen molar-refractivity contribution in [1.29, 1.82) is 0 Å². The van der Waals surface area contributed by atoms with Crippen LogP contribution in [-0.2, 0) is 19.1 Å². The van der Waals surface area contributed by atoms with Crippen molar-refractivity contribution in [3.63, 3.8) is 0 Å². The summed E-state index contributed by atoms with van der Waals surface area (Å²) in [6, 6.07) is 0. The molecule has 5 heteroatoms. The number of rotatable bonds is 1. The molecule has 0 aromatic heterocycles. The average Bonchev–Trinajstić information content (AvgIpc) is 2.57. The monoisotopic (exact) mass is 224 g/mol. The van der Waals surface area contributed by atoms with E-state index in [9.17, 15) is 14.7 Å². The van der Waals surface area contributed by atoms with Gasteiger partial charge < -0.3 is 14.6 Å². The largest absolute Gasteiger partial charge is 0.468 e. The quantitative estimate of drug-likeness (QED) is 0.648. The van der Waals surface area contributed by atoms with Gasteiger partial charge in [0.05, 0.1) is 18.6 Å². The first kappa shape index (κ1) is 10.9. The van der Waals surface area contributed by atoms with Gasteiger partial charge in [0.1, 0.15) is 5.76 Å². The molecule has 0 saturated heterocycles. The van der Waals surface area contributed by atoms with Gasteiger partial charge in [-0.05, 0) is 19.4 Å². The van der Waals surface area contributed by atoms with E-state index in [4.69, 9.17) is 4.74 Å². The maximum absolute atomic E-state index is 11.6. The number of fused-ring (bicyclic) bond motifs is 1. The van der Waals surface area contributed by atoms with Crippen molar-refractivity contribution < 1.29 is 24.2 Å². The lowest BCUT2D eigenvalue weighted by atomic mass is 9.77. The maximum Gasteiger partial charge on any atom is 0.336 e. The summed E-state index contributed by atoms with van der Waals surface area (Å²) in [6.07, 6.45) is 2.08. The van der Waals surface area contributed by atoms with Crippen molar-refractivity contribution in [3.05, 3.63) is 23.5 Å². The van der Waals surface area contributed by atoms with Crippen molar-refractivity contribution in [3.8, 4) is 0 Å². The van der Waals surface area contributed by atoms with Crippen LogP contribution in [0.2, 0.25) is 0 Å². The van der Waals surface area contributed by atoms with Gasteiger partial charge in [0.2, 0.25) is 0 Å². The fourth-order valence-corrected chi connectivity index (χ4v) is 2.00. The molecule has 2 atom stereocenters. The Hall–Kier alpha value is -1.62. The highest BCUT2D eigenvalue weighted by atomic mass is 16.5. The van der Waals surface area contributed by atoms with E-state index in [1.54, 1.807) is 6.92 Å². The van der Waals surface area contributed by atoms with Gasteiger partial charge in [-0.2, -0.15) is 0 Å². The summed E-state index contributed by atoms with van der Waals surface area (Å²) in [4.78, 5) is 22.6. The van der Waals surface area contributed by atoms with Crippen LogP contribution in [0.15, 0.2) is 23.5 Å². The van der Waals surface area contributed by atoms with Gasteiger partial charge in [0.15, 0.2) is 0 Å².